The summed E-state index contributed by atoms with van der Waals surface area (Å²) in [4.78, 5) is 32.4. The molecule has 1 N–H and O–H groups in total. The molecule has 1 unspecified atom stereocenters. The molecule has 8 heteroatoms. The van der Waals surface area contributed by atoms with Gasteiger partial charge in [-0.1, -0.05) is 48.0 Å². The number of nitrogens with one attached hydrogen (secondary N) is 1. The number of hydrogen-bond donors (Lipinski definition) is 1. The monoisotopic (exact) mass is 537 g/mol. The number of hydrogen-bond acceptors (Lipinski definition) is 4. The Morgan fingerprint density at radius 3 is 2.76 bits per heavy atom. The van der Waals surface area contributed by atoms with E-state index in [1.54, 1.807) is 24.3 Å². The van der Waals surface area contributed by atoms with E-state index in [-0.39, 0.29) is 28.9 Å². The van der Waals surface area contributed by atoms with Gasteiger partial charge in [0.25, 0.3) is 11.8 Å². The molecule has 192 valence electrons. The molecule has 5 nitrogen and oxygen atoms in total. The maximum absolute atomic E-state index is 14.7. The van der Waals surface area contributed by atoms with Crippen molar-refractivity contribution in [2.75, 3.05) is 24.5 Å². The number of amides is 2. The van der Waals surface area contributed by atoms with E-state index in [4.69, 9.17) is 11.6 Å². The summed E-state index contributed by atoms with van der Waals surface area (Å²) in [5.41, 5.74) is 1.77. The van der Waals surface area contributed by atoms with E-state index in [0.29, 0.717) is 29.4 Å². The van der Waals surface area contributed by atoms with Gasteiger partial charge >= 0.3 is 0 Å². The summed E-state index contributed by atoms with van der Waals surface area (Å²) in [7, 11) is 0. The van der Waals surface area contributed by atoms with Crippen LogP contribution in [0.4, 0.5) is 10.1 Å². The smallest absolute Gasteiger partial charge is 0.259 e. The van der Waals surface area contributed by atoms with Crippen LogP contribution in [-0.2, 0) is 6.54 Å². The van der Waals surface area contributed by atoms with Crippen molar-refractivity contribution in [3.63, 3.8) is 0 Å². The quantitative estimate of drug-likeness (QED) is 0.395. The van der Waals surface area contributed by atoms with Gasteiger partial charge in [-0.05, 0) is 68.8 Å². The van der Waals surface area contributed by atoms with Crippen molar-refractivity contribution >= 4 is 40.9 Å². The number of likely N-dealkylation sites (tertiary alicyclic amines) is 1. The van der Waals surface area contributed by atoms with Crippen molar-refractivity contribution in [3.8, 4) is 0 Å². The summed E-state index contributed by atoms with van der Waals surface area (Å²) < 4.78 is 14.7. The van der Waals surface area contributed by atoms with Crippen LogP contribution in [0, 0.1) is 5.82 Å². The second-order valence-corrected chi connectivity index (χ2v) is 11.0. The van der Waals surface area contributed by atoms with Gasteiger partial charge in [0.1, 0.15) is 5.82 Å². The molecule has 1 saturated heterocycles. The van der Waals surface area contributed by atoms with Crippen LogP contribution in [0.2, 0.25) is 5.02 Å². The normalized spacial score (nSPS) is 17.6. The van der Waals surface area contributed by atoms with E-state index in [1.165, 1.54) is 48.1 Å². The summed E-state index contributed by atoms with van der Waals surface area (Å²) >= 11 is 7.79. The Hall–Kier alpha value is -2.87. The zero-order chi connectivity index (χ0) is 25.9. The van der Waals surface area contributed by atoms with Crippen molar-refractivity contribution < 1.29 is 14.0 Å². The first-order chi connectivity index (χ1) is 17.9. The fourth-order valence-electron chi connectivity index (χ4n) is 4.96. The molecule has 0 aromatic heterocycles. The zero-order valence-corrected chi connectivity index (χ0v) is 22.2. The largest absolute Gasteiger partial charge is 0.351 e. The van der Waals surface area contributed by atoms with Crippen LogP contribution in [0.3, 0.4) is 0 Å². The van der Waals surface area contributed by atoms with Crippen molar-refractivity contribution in [2.45, 2.75) is 48.6 Å². The molecule has 2 aliphatic rings. The van der Waals surface area contributed by atoms with Crippen LogP contribution < -0.4 is 10.2 Å². The van der Waals surface area contributed by atoms with Crippen LogP contribution in [0.5, 0.6) is 0 Å². The minimum absolute atomic E-state index is 0.0514. The number of anilines is 1. The van der Waals surface area contributed by atoms with Crippen LogP contribution >= 0.6 is 23.4 Å². The van der Waals surface area contributed by atoms with Crippen molar-refractivity contribution in [3.05, 3.63) is 88.2 Å². The van der Waals surface area contributed by atoms with E-state index < -0.39 is 5.82 Å². The molecule has 1 fully saturated rings. The van der Waals surface area contributed by atoms with Gasteiger partial charge in [-0.25, -0.2) is 4.39 Å². The molecule has 2 aliphatic heterocycles. The molecule has 3 aromatic rings. The fraction of sp³-hybridized carbons (Fsp3) is 0.310. The number of rotatable bonds is 6. The van der Waals surface area contributed by atoms with E-state index in [2.05, 4.69) is 17.1 Å². The number of carbonyl (C=O) groups is 2. The van der Waals surface area contributed by atoms with Gasteiger partial charge in [-0.3, -0.25) is 14.5 Å². The molecule has 3 aromatic carbocycles. The van der Waals surface area contributed by atoms with Crippen LogP contribution in [-0.4, -0.2) is 42.4 Å². The summed E-state index contributed by atoms with van der Waals surface area (Å²) in [6.07, 6.45) is 3.64. The number of piperidine rings is 1. The molecule has 2 amide bonds. The van der Waals surface area contributed by atoms with Gasteiger partial charge in [-0.15, -0.1) is 0 Å². The van der Waals surface area contributed by atoms with Crippen molar-refractivity contribution in [2.24, 2.45) is 0 Å². The second-order valence-electron chi connectivity index (χ2n) is 9.51. The molecule has 1 atom stereocenters. The summed E-state index contributed by atoms with van der Waals surface area (Å²) in [5.74, 6) is -0.943. The number of fused-ring (bicyclic) bond motifs is 2. The third-order valence-corrected chi connectivity index (χ3v) is 8.59. The Morgan fingerprint density at radius 2 is 1.95 bits per heavy atom. The average Bonchev–Trinajstić information content (AvgIpc) is 3.01. The highest BCUT2D eigenvalue weighted by Gasteiger charge is 2.29. The molecule has 0 radical (unpaired) electrons. The van der Waals surface area contributed by atoms with Gasteiger partial charge in [0, 0.05) is 45.1 Å². The van der Waals surface area contributed by atoms with Gasteiger partial charge in [0.15, 0.2) is 0 Å². The van der Waals surface area contributed by atoms with E-state index >= 15 is 0 Å². The lowest BCUT2D eigenvalue weighted by molar-refractivity contribution is 0.0936. The Bertz CT molecular complexity index is 1310. The number of nitrogens with zero attached hydrogens (tertiary/aromatic N) is 2. The predicted molar refractivity (Wildman–Crippen MR) is 146 cm³/mol. The number of benzene rings is 3. The molecule has 37 heavy (non-hydrogen) atoms. The van der Waals surface area contributed by atoms with Crippen LogP contribution in [0.15, 0.2) is 70.5 Å². The molecule has 0 saturated carbocycles. The molecule has 0 bridgehead atoms. The highest BCUT2D eigenvalue weighted by Crippen LogP contribution is 2.42. The Kier molecular flexibility index (Phi) is 7.84. The van der Waals surface area contributed by atoms with E-state index in [1.807, 2.05) is 24.3 Å². The van der Waals surface area contributed by atoms with Crippen molar-refractivity contribution in [1.29, 1.82) is 0 Å². The number of carbonyl (C=O) groups excluding carboxylic acids is 2. The molecule has 2 heterocycles. The highest BCUT2D eigenvalue weighted by atomic mass is 35.5. The Balaban J connectivity index is 1.43. The minimum atomic E-state index is -0.479. The first kappa shape index (κ1) is 25.8. The number of halogens is 2. The Labute approximate surface area is 226 Å². The minimum Gasteiger partial charge on any atom is -0.351 e. The maximum Gasteiger partial charge on any atom is 0.259 e. The summed E-state index contributed by atoms with van der Waals surface area (Å²) in [6.45, 7) is 4.59. The zero-order valence-electron chi connectivity index (χ0n) is 20.7. The molecule has 0 aliphatic carbocycles. The summed E-state index contributed by atoms with van der Waals surface area (Å²) in [6, 6.07) is 17.7. The predicted octanol–water partition coefficient (Wildman–Crippen LogP) is 6.39. The van der Waals surface area contributed by atoms with Crippen LogP contribution in [0.25, 0.3) is 0 Å². The second kappa shape index (κ2) is 11.3. The molecular formula is C29H29ClFN3O2S. The van der Waals surface area contributed by atoms with Gasteiger partial charge in [0.2, 0.25) is 0 Å². The van der Waals surface area contributed by atoms with Crippen LogP contribution in [0.1, 0.15) is 52.5 Å². The fourth-order valence-corrected chi connectivity index (χ4v) is 6.25. The van der Waals surface area contributed by atoms with Gasteiger partial charge in [0.05, 0.1) is 17.8 Å². The third kappa shape index (κ3) is 5.54. The van der Waals surface area contributed by atoms with Gasteiger partial charge in [-0.2, -0.15) is 0 Å². The van der Waals surface area contributed by atoms with E-state index in [0.717, 1.165) is 22.9 Å². The summed E-state index contributed by atoms with van der Waals surface area (Å²) in [5, 5.41) is 3.28. The van der Waals surface area contributed by atoms with E-state index in [9.17, 15) is 14.0 Å². The lowest BCUT2D eigenvalue weighted by Crippen LogP contribution is -2.42. The lowest BCUT2D eigenvalue weighted by Gasteiger charge is -2.33. The molecule has 0 spiro atoms. The van der Waals surface area contributed by atoms with Crippen molar-refractivity contribution in [1.82, 2.24) is 10.2 Å². The molecule has 5 rings (SSSR count). The maximum atomic E-state index is 14.7. The van der Waals surface area contributed by atoms with Gasteiger partial charge < -0.3 is 10.2 Å². The standard InChI is InChI=1S/C29H29ClFN3O2S/c1-19-7-4-5-15-33(19)16-14-32-28(35)20-12-13-27-25(17-20)34(18-22-23(30)9-6-10-24(22)31)29(36)21-8-2-3-11-26(21)37-27/h2-3,6,8-13,17,19H,4-5,7,14-16,18H2,1H3,(H,32,35). The first-order valence-electron chi connectivity index (χ1n) is 12.6. The lowest BCUT2D eigenvalue weighted by atomic mass is 10.0. The SMILES string of the molecule is CC1CCCCN1CCNC(=O)c1ccc2c(c1)N(Cc1c(F)cccc1Cl)C(=O)c1ccccc1S2. The molecular weight excluding hydrogens is 509 g/mol. The Morgan fingerprint density at radius 1 is 1.11 bits per heavy atom. The highest BCUT2D eigenvalue weighted by molar-refractivity contribution is 7.99. The average molecular weight is 538 g/mol. The first-order valence-corrected chi connectivity index (χ1v) is 13.8. The topological polar surface area (TPSA) is 52.7 Å². The third-order valence-electron chi connectivity index (χ3n) is 7.10.